The molecule has 2 N–H and O–H groups in total. The van der Waals surface area contributed by atoms with E-state index >= 15 is 0 Å². The second kappa shape index (κ2) is 12.1. The van der Waals surface area contributed by atoms with E-state index in [0.29, 0.717) is 6.54 Å². The lowest BCUT2D eigenvalue weighted by atomic mass is 10.2. The van der Waals surface area contributed by atoms with E-state index < -0.39 is 0 Å². The molecule has 0 amide bonds. The lowest BCUT2D eigenvalue weighted by Crippen LogP contribution is -2.38. The van der Waals surface area contributed by atoms with Crippen molar-refractivity contribution in [2.24, 2.45) is 4.99 Å². The number of hydrogen-bond donors (Lipinski definition) is 2. The quantitative estimate of drug-likeness (QED) is 0.319. The number of rotatable bonds is 8. The molecule has 1 aliphatic heterocycles. The molecule has 1 fully saturated rings. The van der Waals surface area contributed by atoms with Crippen molar-refractivity contribution < 1.29 is 4.74 Å². The molecule has 1 saturated heterocycles. The van der Waals surface area contributed by atoms with E-state index in [4.69, 9.17) is 9.72 Å². The number of thiazole rings is 1. The zero-order valence-corrected chi connectivity index (χ0v) is 19.8. The minimum atomic E-state index is 0. The van der Waals surface area contributed by atoms with Crippen LogP contribution >= 0.6 is 35.3 Å². The van der Waals surface area contributed by atoms with Gasteiger partial charge in [0, 0.05) is 38.0 Å². The van der Waals surface area contributed by atoms with E-state index in [1.807, 2.05) is 18.2 Å². The summed E-state index contributed by atoms with van der Waals surface area (Å²) in [5, 5.41) is 10.0. The third-order valence-electron chi connectivity index (χ3n) is 4.49. The number of aliphatic imine (C=N–C) groups is 1. The number of benzene rings is 1. The van der Waals surface area contributed by atoms with Gasteiger partial charge in [-0.15, -0.1) is 35.3 Å². The van der Waals surface area contributed by atoms with Crippen LogP contribution < -0.4 is 20.3 Å². The number of aromatic nitrogens is 1. The highest BCUT2D eigenvalue weighted by Gasteiger charge is 2.15. The lowest BCUT2D eigenvalue weighted by Gasteiger charge is -2.12. The molecule has 6 nitrogen and oxygen atoms in total. The van der Waals surface area contributed by atoms with Gasteiger partial charge in [0.15, 0.2) is 11.1 Å². The maximum Gasteiger partial charge on any atom is 0.191 e. The fraction of sp³-hybridized carbons (Fsp3) is 0.500. The zero-order valence-electron chi connectivity index (χ0n) is 16.6. The van der Waals surface area contributed by atoms with Gasteiger partial charge < -0.3 is 20.3 Å². The summed E-state index contributed by atoms with van der Waals surface area (Å²) in [6.45, 7) is 6.63. The topological polar surface area (TPSA) is 61.8 Å². The van der Waals surface area contributed by atoms with Crippen LogP contribution in [0.5, 0.6) is 5.75 Å². The summed E-state index contributed by atoms with van der Waals surface area (Å²) in [5.41, 5.74) is 2.28. The van der Waals surface area contributed by atoms with E-state index in [0.717, 1.165) is 55.6 Å². The molecule has 1 aliphatic rings. The molecule has 0 spiro atoms. The summed E-state index contributed by atoms with van der Waals surface area (Å²) < 4.78 is 5.27. The number of nitrogens with zero attached hydrogens (tertiary/aromatic N) is 3. The Bertz CT molecular complexity index is 746. The van der Waals surface area contributed by atoms with Crippen LogP contribution in [-0.2, 0) is 13.0 Å². The summed E-state index contributed by atoms with van der Waals surface area (Å²) >= 11 is 1.76. The Balaban J connectivity index is 0.00000280. The summed E-state index contributed by atoms with van der Waals surface area (Å²) in [5.74, 6) is 1.69. The predicted octanol–water partition coefficient (Wildman–Crippen LogP) is 3.67. The molecule has 1 aromatic carbocycles. The van der Waals surface area contributed by atoms with Crippen LogP contribution in [0.15, 0.2) is 34.6 Å². The zero-order chi connectivity index (χ0) is 18.9. The van der Waals surface area contributed by atoms with Gasteiger partial charge >= 0.3 is 0 Å². The number of ether oxygens (including phenoxy) is 1. The molecule has 0 saturated carbocycles. The molecule has 0 unspecified atom stereocenters. The van der Waals surface area contributed by atoms with Gasteiger partial charge in [-0.25, -0.2) is 9.98 Å². The summed E-state index contributed by atoms with van der Waals surface area (Å²) in [6.07, 6.45) is 3.46. The van der Waals surface area contributed by atoms with Gasteiger partial charge in [0.05, 0.1) is 19.3 Å². The fourth-order valence-corrected chi connectivity index (χ4v) is 3.97. The minimum Gasteiger partial charge on any atom is -0.497 e. The number of nitrogens with one attached hydrogen (secondary N) is 2. The Morgan fingerprint density at radius 2 is 2.11 bits per heavy atom. The van der Waals surface area contributed by atoms with Gasteiger partial charge in [-0.3, -0.25) is 0 Å². The van der Waals surface area contributed by atoms with Crippen LogP contribution in [0.3, 0.4) is 0 Å². The fourth-order valence-electron chi connectivity index (χ4n) is 3.06. The third kappa shape index (κ3) is 6.80. The first-order valence-corrected chi connectivity index (χ1v) is 10.5. The Morgan fingerprint density at radius 3 is 2.86 bits per heavy atom. The van der Waals surface area contributed by atoms with Gasteiger partial charge in [-0.1, -0.05) is 12.1 Å². The van der Waals surface area contributed by atoms with Crippen LogP contribution in [0, 0.1) is 0 Å². The molecule has 0 atom stereocenters. The van der Waals surface area contributed by atoms with E-state index in [9.17, 15) is 0 Å². The normalized spacial score (nSPS) is 13.9. The molecule has 0 aliphatic carbocycles. The first kappa shape index (κ1) is 22.7. The lowest BCUT2D eigenvalue weighted by molar-refractivity contribution is 0.414. The molecule has 0 radical (unpaired) electrons. The number of halogens is 1. The van der Waals surface area contributed by atoms with Gasteiger partial charge in [-0.2, -0.15) is 0 Å². The average molecular weight is 515 g/mol. The molecule has 28 heavy (non-hydrogen) atoms. The van der Waals surface area contributed by atoms with Gasteiger partial charge in [0.2, 0.25) is 0 Å². The van der Waals surface area contributed by atoms with Gasteiger partial charge in [0.25, 0.3) is 0 Å². The van der Waals surface area contributed by atoms with E-state index in [1.165, 1.54) is 18.0 Å². The van der Waals surface area contributed by atoms with Gasteiger partial charge in [0.1, 0.15) is 5.75 Å². The first-order chi connectivity index (χ1) is 13.3. The summed E-state index contributed by atoms with van der Waals surface area (Å²) in [6, 6.07) is 8.01. The Labute approximate surface area is 188 Å². The van der Waals surface area contributed by atoms with Gasteiger partial charge in [-0.05, 0) is 37.5 Å². The van der Waals surface area contributed by atoms with Crippen LogP contribution in [0.2, 0.25) is 0 Å². The standard InChI is InChI=1S/C20H29N5OS.HI/c1-3-21-19(23-14-16-7-6-8-18(13-16)26-2)22-10-9-17-15-27-20(24-17)25-11-4-5-12-25;/h6-8,13,15H,3-5,9-12,14H2,1-2H3,(H2,21,22,23);1H. The largest absolute Gasteiger partial charge is 0.497 e. The van der Waals surface area contributed by atoms with Crippen molar-refractivity contribution >= 4 is 46.4 Å². The summed E-state index contributed by atoms with van der Waals surface area (Å²) in [4.78, 5) is 11.8. The molecule has 2 heterocycles. The van der Waals surface area contributed by atoms with Crippen molar-refractivity contribution in [2.75, 3.05) is 38.2 Å². The summed E-state index contributed by atoms with van der Waals surface area (Å²) in [7, 11) is 1.68. The minimum absolute atomic E-state index is 0. The number of guanidine groups is 1. The van der Waals surface area contributed by atoms with E-state index in [2.05, 4.69) is 38.9 Å². The first-order valence-electron chi connectivity index (χ1n) is 9.63. The van der Waals surface area contributed by atoms with Crippen LogP contribution in [0.25, 0.3) is 0 Å². The molecule has 8 heteroatoms. The molecule has 0 bridgehead atoms. The maximum atomic E-state index is 5.27. The third-order valence-corrected chi connectivity index (χ3v) is 5.44. The highest BCUT2D eigenvalue weighted by molar-refractivity contribution is 14.0. The van der Waals surface area contributed by atoms with Crippen molar-refractivity contribution in [3.63, 3.8) is 0 Å². The maximum absolute atomic E-state index is 5.27. The van der Waals surface area contributed by atoms with E-state index in [1.54, 1.807) is 18.4 Å². The second-order valence-corrected chi connectivity index (χ2v) is 7.38. The van der Waals surface area contributed by atoms with Crippen molar-refractivity contribution in [3.05, 3.63) is 40.9 Å². The highest BCUT2D eigenvalue weighted by atomic mass is 127. The SMILES string of the molecule is CCNC(=NCc1cccc(OC)c1)NCCc1csc(N2CCCC2)n1.I. The van der Waals surface area contributed by atoms with Crippen LogP contribution in [0.4, 0.5) is 5.13 Å². The van der Waals surface area contributed by atoms with Crippen molar-refractivity contribution in [2.45, 2.75) is 32.7 Å². The molecule has 1 aromatic heterocycles. The number of methoxy groups -OCH3 is 1. The van der Waals surface area contributed by atoms with Crippen molar-refractivity contribution in [1.29, 1.82) is 0 Å². The molecule has 3 rings (SSSR count). The highest BCUT2D eigenvalue weighted by Crippen LogP contribution is 2.24. The Hall–Kier alpha value is -1.55. The van der Waals surface area contributed by atoms with Crippen LogP contribution in [-0.4, -0.2) is 44.2 Å². The molecule has 2 aromatic rings. The number of hydrogen-bond acceptors (Lipinski definition) is 5. The van der Waals surface area contributed by atoms with Crippen LogP contribution in [0.1, 0.15) is 31.0 Å². The predicted molar refractivity (Wildman–Crippen MR) is 128 cm³/mol. The Kier molecular flexibility index (Phi) is 9.83. The van der Waals surface area contributed by atoms with Crippen molar-refractivity contribution in [3.8, 4) is 5.75 Å². The average Bonchev–Trinajstić information content (AvgIpc) is 3.38. The number of anilines is 1. The molecule has 154 valence electrons. The smallest absolute Gasteiger partial charge is 0.191 e. The molecular formula is C20H30IN5OS. The van der Waals surface area contributed by atoms with E-state index in [-0.39, 0.29) is 24.0 Å². The molecular weight excluding hydrogens is 485 g/mol. The van der Waals surface area contributed by atoms with Crippen molar-refractivity contribution in [1.82, 2.24) is 15.6 Å². The Morgan fingerprint density at radius 1 is 1.29 bits per heavy atom. The second-order valence-electron chi connectivity index (χ2n) is 6.54. The monoisotopic (exact) mass is 515 g/mol.